The summed E-state index contributed by atoms with van der Waals surface area (Å²) in [5, 5.41) is 8.20. The van der Waals surface area contributed by atoms with Crippen molar-refractivity contribution in [1.29, 1.82) is 0 Å². The Bertz CT molecular complexity index is 1330. The zero-order valence-corrected chi connectivity index (χ0v) is 20.0. The van der Waals surface area contributed by atoms with Crippen LogP contribution in [0.4, 0.5) is 11.5 Å². The van der Waals surface area contributed by atoms with Crippen molar-refractivity contribution in [2.45, 2.75) is 26.3 Å². The number of imidazole rings is 1. The molecule has 0 bridgehead atoms. The molecule has 0 fully saturated rings. The monoisotopic (exact) mass is 450 g/mol. The van der Waals surface area contributed by atoms with Gasteiger partial charge in [0.05, 0.1) is 35.5 Å². The number of allylic oxidation sites excluding steroid dienone is 1. The van der Waals surface area contributed by atoms with E-state index in [1.54, 1.807) is 0 Å². The fourth-order valence-electron chi connectivity index (χ4n) is 4.49. The molecule has 0 N–H and O–H groups in total. The van der Waals surface area contributed by atoms with Gasteiger partial charge < -0.3 is 9.47 Å². The van der Waals surface area contributed by atoms with E-state index < -0.39 is 0 Å². The third-order valence-corrected chi connectivity index (χ3v) is 6.46. The van der Waals surface area contributed by atoms with Crippen LogP contribution in [0.5, 0.6) is 0 Å². The quantitative estimate of drug-likeness (QED) is 0.355. The predicted octanol–water partition coefficient (Wildman–Crippen LogP) is 5.84. The van der Waals surface area contributed by atoms with Crippen LogP contribution in [0.3, 0.4) is 0 Å². The Kier molecular flexibility index (Phi) is 6.12. The van der Waals surface area contributed by atoms with Crippen LogP contribution in [0.2, 0.25) is 0 Å². The largest absolute Gasteiger partial charge is 0.372 e. The van der Waals surface area contributed by atoms with E-state index in [1.165, 1.54) is 11.3 Å². The molecule has 1 aliphatic heterocycles. The molecule has 172 valence electrons. The Morgan fingerprint density at radius 1 is 0.971 bits per heavy atom. The summed E-state index contributed by atoms with van der Waals surface area (Å²) in [6.45, 7) is 6.38. The number of fused-ring (bicyclic) bond motifs is 1. The van der Waals surface area contributed by atoms with Crippen LogP contribution in [0.15, 0.2) is 84.4 Å². The van der Waals surface area contributed by atoms with Gasteiger partial charge >= 0.3 is 0 Å². The van der Waals surface area contributed by atoms with Gasteiger partial charge in [0.1, 0.15) is 5.82 Å². The normalized spacial score (nSPS) is 15.9. The molecule has 0 spiro atoms. The van der Waals surface area contributed by atoms with E-state index >= 15 is 0 Å². The second-order valence-electron chi connectivity index (χ2n) is 8.54. The molecule has 0 radical (unpaired) electrons. The lowest BCUT2D eigenvalue weighted by Gasteiger charge is -2.25. The van der Waals surface area contributed by atoms with Gasteiger partial charge in [-0.3, -0.25) is 0 Å². The summed E-state index contributed by atoms with van der Waals surface area (Å²) in [6, 6.07) is 21.4. The van der Waals surface area contributed by atoms with E-state index in [0.29, 0.717) is 0 Å². The van der Waals surface area contributed by atoms with Crippen LogP contribution in [0.25, 0.3) is 17.0 Å². The lowest BCUT2D eigenvalue weighted by Crippen LogP contribution is -2.22. The van der Waals surface area contributed by atoms with Crippen LogP contribution in [-0.2, 0) is 7.05 Å². The van der Waals surface area contributed by atoms with E-state index in [1.807, 2.05) is 36.3 Å². The van der Waals surface area contributed by atoms with Crippen molar-refractivity contribution in [3.8, 4) is 0 Å². The number of aryl methyl sites for hydroxylation is 1. The first-order valence-electron chi connectivity index (χ1n) is 11.9. The minimum Gasteiger partial charge on any atom is -0.372 e. The molecule has 2 aromatic heterocycles. The summed E-state index contributed by atoms with van der Waals surface area (Å²) in [5.74, 6) is 0.862. The molecule has 0 aliphatic carbocycles. The first-order chi connectivity index (χ1) is 16.7. The third kappa shape index (κ3) is 4.31. The Hall–Kier alpha value is -3.93. The highest BCUT2D eigenvalue weighted by molar-refractivity contribution is 6.01. The molecule has 1 aliphatic rings. The average molecular weight is 451 g/mol. The van der Waals surface area contributed by atoms with Crippen LogP contribution in [-0.4, -0.2) is 33.3 Å². The van der Waals surface area contributed by atoms with Crippen molar-refractivity contribution in [2.24, 2.45) is 12.1 Å². The molecule has 2 aromatic carbocycles. The molecule has 5 rings (SSSR count). The zero-order valence-electron chi connectivity index (χ0n) is 20.0. The number of rotatable bonds is 7. The Morgan fingerprint density at radius 2 is 1.76 bits per heavy atom. The van der Waals surface area contributed by atoms with E-state index in [4.69, 9.17) is 10.1 Å². The number of para-hydroxylation sites is 1. The van der Waals surface area contributed by atoms with Crippen molar-refractivity contribution < 1.29 is 0 Å². The van der Waals surface area contributed by atoms with Crippen molar-refractivity contribution in [2.75, 3.05) is 23.0 Å². The van der Waals surface area contributed by atoms with Gasteiger partial charge in [0.2, 0.25) is 0 Å². The molecule has 0 saturated heterocycles. The first kappa shape index (κ1) is 21.9. The number of hydrogen-bond donors (Lipinski definition) is 0. The molecule has 0 amide bonds. The molecular formula is C28H30N6. The fourth-order valence-corrected chi connectivity index (χ4v) is 4.49. The van der Waals surface area contributed by atoms with Crippen LogP contribution < -0.4 is 9.91 Å². The van der Waals surface area contributed by atoms with Gasteiger partial charge in [-0.1, -0.05) is 30.3 Å². The first-order valence-corrected chi connectivity index (χ1v) is 11.9. The summed E-state index contributed by atoms with van der Waals surface area (Å²) in [4.78, 5) is 11.5. The fraction of sp³-hybridized carbons (Fsp3) is 0.250. The topological polar surface area (TPSA) is 49.6 Å². The molecule has 3 heterocycles. The van der Waals surface area contributed by atoms with Crippen molar-refractivity contribution >= 4 is 34.2 Å². The number of aromatic nitrogens is 3. The molecule has 1 unspecified atom stereocenters. The standard InChI is InChI=1S/C28H30N6/c1-4-33(5-2)24-14-10-22(11-15-24)27-18-23(13-16-25-19-29-20-32(25)3)31-34(27)28-17-12-21-8-6-7-9-26(21)30-28/h6-17,19-20,27H,4-5,18H2,1-3H3. The highest BCUT2D eigenvalue weighted by atomic mass is 15.5. The summed E-state index contributed by atoms with van der Waals surface area (Å²) < 4.78 is 2.00. The predicted molar refractivity (Wildman–Crippen MR) is 141 cm³/mol. The summed E-state index contributed by atoms with van der Waals surface area (Å²) in [7, 11) is 1.99. The van der Waals surface area contributed by atoms with Gasteiger partial charge in [-0.15, -0.1) is 0 Å². The zero-order chi connectivity index (χ0) is 23.5. The van der Waals surface area contributed by atoms with Gasteiger partial charge in [0.25, 0.3) is 0 Å². The van der Waals surface area contributed by atoms with Gasteiger partial charge in [0, 0.05) is 37.6 Å². The second kappa shape index (κ2) is 9.51. The minimum atomic E-state index is 0.0885. The van der Waals surface area contributed by atoms with Crippen molar-refractivity contribution in [1.82, 2.24) is 14.5 Å². The molecule has 4 aromatic rings. The SMILES string of the molecule is CCN(CC)c1ccc(C2CC(C=Cc3cncn3C)=NN2c2ccc3ccccc3n2)cc1. The van der Waals surface area contributed by atoms with E-state index in [9.17, 15) is 0 Å². The number of pyridine rings is 1. The van der Waals surface area contributed by atoms with E-state index in [0.717, 1.165) is 47.6 Å². The van der Waals surface area contributed by atoms with Gasteiger partial charge in [-0.2, -0.15) is 5.10 Å². The molecule has 0 saturated carbocycles. The highest BCUT2D eigenvalue weighted by Crippen LogP contribution is 2.36. The lowest BCUT2D eigenvalue weighted by molar-refractivity contribution is 0.700. The Labute approximate surface area is 200 Å². The number of benzene rings is 2. The summed E-state index contributed by atoms with van der Waals surface area (Å²) in [5.41, 5.74) is 5.53. The van der Waals surface area contributed by atoms with Crippen LogP contribution in [0, 0.1) is 0 Å². The van der Waals surface area contributed by atoms with Crippen molar-refractivity contribution in [3.63, 3.8) is 0 Å². The number of hydrogen-bond acceptors (Lipinski definition) is 5. The number of anilines is 2. The molecular weight excluding hydrogens is 420 g/mol. The van der Waals surface area contributed by atoms with Crippen molar-refractivity contribution in [3.05, 3.63) is 90.5 Å². The summed E-state index contributed by atoms with van der Waals surface area (Å²) in [6.07, 6.45) is 8.65. The Balaban J connectivity index is 1.49. The smallest absolute Gasteiger partial charge is 0.150 e. The van der Waals surface area contributed by atoms with E-state index in [-0.39, 0.29) is 6.04 Å². The molecule has 1 atom stereocenters. The molecule has 6 nitrogen and oxygen atoms in total. The minimum absolute atomic E-state index is 0.0885. The average Bonchev–Trinajstić information content (AvgIpc) is 3.49. The van der Waals surface area contributed by atoms with Crippen LogP contribution >= 0.6 is 0 Å². The molecule has 6 heteroatoms. The molecule has 34 heavy (non-hydrogen) atoms. The van der Waals surface area contributed by atoms with Gasteiger partial charge in [0.15, 0.2) is 0 Å². The van der Waals surface area contributed by atoms with Gasteiger partial charge in [-0.05, 0) is 61.9 Å². The maximum Gasteiger partial charge on any atom is 0.150 e. The van der Waals surface area contributed by atoms with E-state index in [2.05, 4.69) is 89.4 Å². The number of hydrazone groups is 1. The lowest BCUT2D eigenvalue weighted by atomic mass is 10.0. The van der Waals surface area contributed by atoms with Gasteiger partial charge in [-0.25, -0.2) is 15.0 Å². The second-order valence-corrected chi connectivity index (χ2v) is 8.54. The Morgan fingerprint density at radius 3 is 2.50 bits per heavy atom. The maximum absolute atomic E-state index is 5.00. The number of nitrogens with zero attached hydrogens (tertiary/aromatic N) is 6. The van der Waals surface area contributed by atoms with Crippen LogP contribution in [0.1, 0.15) is 37.6 Å². The third-order valence-electron chi connectivity index (χ3n) is 6.46. The maximum atomic E-state index is 5.00. The summed E-state index contributed by atoms with van der Waals surface area (Å²) >= 11 is 0. The highest BCUT2D eigenvalue weighted by Gasteiger charge is 2.29.